The van der Waals surface area contributed by atoms with Gasteiger partial charge in [0.05, 0.1) is 17.9 Å². The number of ether oxygens (including phenoxy) is 1. The van der Waals surface area contributed by atoms with E-state index in [2.05, 4.69) is 9.64 Å². The van der Waals surface area contributed by atoms with Crippen molar-refractivity contribution in [2.45, 2.75) is 25.9 Å². The highest BCUT2D eigenvalue weighted by Crippen LogP contribution is 2.23. The lowest BCUT2D eigenvalue weighted by molar-refractivity contribution is -0.141. The Balaban J connectivity index is 2.45. The molecule has 0 saturated carbocycles. The monoisotopic (exact) mass is 261 g/mol. The Morgan fingerprint density at radius 3 is 2.81 bits per heavy atom. The summed E-state index contributed by atoms with van der Waals surface area (Å²) in [6.45, 7) is 2.81. The zero-order valence-corrected chi connectivity index (χ0v) is 11.3. The van der Waals surface area contributed by atoms with E-state index in [0.717, 1.165) is 10.9 Å². The van der Waals surface area contributed by atoms with Gasteiger partial charge in [0.25, 0.3) is 0 Å². The Labute approximate surface area is 105 Å². The number of esters is 1. The normalized spacial score (nSPS) is 12.8. The van der Waals surface area contributed by atoms with E-state index in [9.17, 15) is 4.79 Å². The molecule has 0 spiro atoms. The van der Waals surface area contributed by atoms with Crippen molar-refractivity contribution >= 4 is 28.9 Å². The molecule has 1 heterocycles. The molecule has 1 atom stereocenters. The van der Waals surface area contributed by atoms with Crippen molar-refractivity contribution in [3.05, 3.63) is 21.3 Å². The van der Waals surface area contributed by atoms with Gasteiger partial charge in [-0.1, -0.05) is 11.6 Å². The van der Waals surface area contributed by atoms with Crippen LogP contribution in [0.25, 0.3) is 0 Å². The van der Waals surface area contributed by atoms with Crippen LogP contribution in [-0.4, -0.2) is 31.1 Å². The molecule has 0 aliphatic heterocycles. The van der Waals surface area contributed by atoms with Gasteiger partial charge in [0.1, 0.15) is 0 Å². The smallest absolute Gasteiger partial charge is 0.307 e. The molecule has 0 aliphatic rings. The molecule has 1 aromatic rings. The lowest BCUT2D eigenvalue weighted by atomic mass is 10.2. The Bertz CT molecular complexity index is 354. The van der Waals surface area contributed by atoms with E-state index in [4.69, 9.17) is 11.6 Å². The standard InChI is InChI=1S/C11H16ClNO2S/c1-8(6-11(14)15-3)13(2)7-9-4-5-10(12)16-9/h4-5,8H,6-7H2,1-3H3. The lowest BCUT2D eigenvalue weighted by Gasteiger charge is -2.22. The van der Waals surface area contributed by atoms with Crippen LogP contribution in [0.1, 0.15) is 18.2 Å². The molecular weight excluding hydrogens is 246 g/mol. The summed E-state index contributed by atoms with van der Waals surface area (Å²) in [6.07, 6.45) is 0.409. The highest BCUT2D eigenvalue weighted by atomic mass is 35.5. The summed E-state index contributed by atoms with van der Waals surface area (Å²) in [5.41, 5.74) is 0. The molecule has 5 heteroatoms. The summed E-state index contributed by atoms with van der Waals surface area (Å²) in [7, 11) is 3.40. The van der Waals surface area contributed by atoms with Gasteiger partial charge in [0.2, 0.25) is 0 Å². The first kappa shape index (κ1) is 13.5. The van der Waals surface area contributed by atoms with Gasteiger partial charge >= 0.3 is 5.97 Å². The number of thiophene rings is 1. The Kier molecular flexibility index (Phi) is 5.25. The molecule has 0 saturated heterocycles. The van der Waals surface area contributed by atoms with Crippen molar-refractivity contribution in [2.24, 2.45) is 0 Å². The number of halogens is 1. The minimum Gasteiger partial charge on any atom is -0.469 e. The molecule has 0 radical (unpaired) electrons. The van der Waals surface area contributed by atoms with E-state index in [1.54, 1.807) is 11.3 Å². The fourth-order valence-corrected chi connectivity index (χ4v) is 2.47. The lowest BCUT2D eigenvalue weighted by Crippen LogP contribution is -2.30. The summed E-state index contributed by atoms with van der Waals surface area (Å²) >= 11 is 7.42. The molecule has 0 amide bonds. The van der Waals surface area contributed by atoms with Crippen LogP contribution in [0.5, 0.6) is 0 Å². The largest absolute Gasteiger partial charge is 0.469 e. The maximum Gasteiger partial charge on any atom is 0.307 e. The summed E-state index contributed by atoms with van der Waals surface area (Å²) in [5.74, 6) is -0.177. The topological polar surface area (TPSA) is 29.5 Å². The summed E-state index contributed by atoms with van der Waals surface area (Å²) < 4.78 is 5.44. The number of carbonyl (C=O) groups excluding carboxylic acids is 1. The second kappa shape index (κ2) is 6.23. The van der Waals surface area contributed by atoms with E-state index in [1.165, 1.54) is 12.0 Å². The van der Waals surface area contributed by atoms with Gasteiger partial charge in [-0.3, -0.25) is 9.69 Å². The van der Waals surface area contributed by atoms with Gasteiger partial charge in [0, 0.05) is 17.5 Å². The third-order valence-electron chi connectivity index (χ3n) is 2.48. The molecule has 0 aromatic carbocycles. The number of rotatable bonds is 5. The molecule has 0 bridgehead atoms. The predicted molar refractivity (Wildman–Crippen MR) is 66.9 cm³/mol. The minimum absolute atomic E-state index is 0.160. The van der Waals surface area contributed by atoms with Crippen LogP contribution in [0, 0.1) is 0 Å². The number of hydrogen-bond donors (Lipinski definition) is 0. The van der Waals surface area contributed by atoms with Crippen LogP contribution in [0.2, 0.25) is 4.34 Å². The van der Waals surface area contributed by atoms with E-state index in [-0.39, 0.29) is 12.0 Å². The van der Waals surface area contributed by atoms with Crippen LogP contribution in [0.15, 0.2) is 12.1 Å². The molecule has 90 valence electrons. The Hall–Kier alpha value is -0.580. The quantitative estimate of drug-likeness (QED) is 0.764. The fraction of sp³-hybridized carbons (Fsp3) is 0.545. The molecule has 16 heavy (non-hydrogen) atoms. The van der Waals surface area contributed by atoms with E-state index < -0.39 is 0 Å². The van der Waals surface area contributed by atoms with Crippen molar-refractivity contribution in [1.82, 2.24) is 4.90 Å². The second-order valence-electron chi connectivity index (χ2n) is 3.75. The summed E-state index contributed by atoms with van der Waals surface area (Å²) in [4.78, 5) is 14.4. The maximum atomic E-state index is 11.1. The molecule has 3 nitrogen and oxygen atoms in total. The molecular formula is C11H16ClNO2S. The number of methoxy groups -OCH3 is 1. The predicted octanol–water partition coefficient (Wildman–Crippen LogP) is 2.78. The van der Waals surface area contributed by atoms with Gasteiger partial charge < -0.3 is 4.74 Å². The third kappa shape index (κ3) is 4.12. The van der Waals surface area contributed by atoms with E-state index >= 15 is 0 Å². The number of hydrogen-bond acceptors (Lipinski definition) is 4. The van der Waals surface area contributed by atoms with Crippen molar-refractivity contribution in [3.8, 4) is 0 Å². The van der Waals surface area contributed by atoms with E-state index in [1.807, 2.05) is 26.1 Å². The summed E-state index contributed by atoms with van der Waals surface area (Å²) in [6, 6.07) is 4.06. The van der Waals surface area contributed by atoms with Gasteiger partial charge in [0.15, 0.2) is 0 Å². The highest BCUT2D eigenvalue weighted by Gasteiger charge is 2.14. The first-order chi connectivity index (χ1) is 7.52. The molecule has 1 unspecified atom stereocenters. The average molecular weight is 262 g/mol. The van der Waals surface area contributed by atoms with Gasteiger partial charge in [-0.05, 0) is 26.1 Å². The van der Waals surface area contributed by atoms with E-state index in [0.29, 0.717) is 6.42 Å². The first-order valence-electron chi connectivity index (χ1n) is 5.04. The van der Waals surface area contributed by atoms with Crippen molar-refractivity contribution in [3.63, 3.8) is 0 Å². The van der Waals surface area contributed by atoms with Crippen molar-refractivity contribution in [2.75, 3.05) is 14.2 Å². The fourth-order valence-electron chi connectivity index (χ4n) is 1.32. The minimum atomic E-state index is -0.177. The molecule has 1 rings (SSSR count). The second-order valence-corrected chi connectivity index (χ2v) is 5.55. The first-order valence-corrected chi connectivity index (χ1v) is 6.23. The van der Waals surface area contributed by atoms with Crippen LogP contribution in [-0.2, 0) is 16.1 Å². The number of nitrogens with zero attached hydrogens (tertiary/aromatic N) is 1. The zero-order valence-electron chi connectivity index (χ0n) is 9.70. The van der Waals surface area contributed by atoms with Gasteiger partial charge in [-0.15, -0.1) is 11.3 Å². The van der Waals surface area contributed by atoms with Crippen LogP contribution in [0.4, 0.5) is 0 Å². The number of carbonyl (C=O) groups is 1. The molecule has 0 aliphatic carbocycles. The van der Waals surface area contributed by atoms with Crippen LogP contribution in [0.3, 0.4) is 0 Å². The Morgan fingerprint density at radius 2 is 2.31 bits per heavy atom. The SMILES string of the molecule is COC(=O)CC(C)N(C)Cc1ccc(Cl)s1. The van der Waals surface area contributed by atoms with Gasteiger partial charge in [-0.25, -0.2) is 0 Å². The molecule has 0 N–H and O–H groups in total. The third-order valence-corrected chi connectivity index (χ3v) is 3.69. The average Bonchev–Trinajstić information content (AvgIpc) is 2.63. The summed E-state index contributed by atoms with van der Waals surface area (Å²) in [5, 5.41) is 0. The Morgan fingerprint density at radius 1 is 1.62 bits per heavy atom. The zero-order chi connectivity index (χ0) is 12.1. The molecule has 0 fully saturated rings. The van der Waals surface area contributed by atoms with Crippen LogP contribution < -0.4 is 0 Å². The van der Waals surface area contributed by atoms with Crippen molar-refractivity contribution in [1.29, 1.82) is 0 Å². The highest BCUT2D eigenvalue weighted by molar-refractivity contribution is 7.16. The maximum absolute atomic E-state index is 11.1. The molecule has 1 aromatic heterocycles. The van der Waals surface area contributed by atoms with Gasteiger partial charge in [-0.2, -0.15) is 0 Å². The van der Waals surface area contributed by atoms with Crippen molar-refractivity contribution < 1.29 is 9.53 Å². The van der Waals surface area contributed by atoms with Crippen LogP contribution >= 0.6 is 22.9 Å².